The fourth-order valence-electron chi connectivity index (χ4n) is 5.38. The monoisotopic (exact) mass is 632 g/mol. The van der Waals surface area contributed by atoms with Crippen LogP contribution in [-0.2, 0) is 6.42 Å². The van der Waals surface area contributed by atoms with Crippen LogP contribution >= 0.6 is 22.6 Å². The lowest BCUT2D eigenvalue weighted by Gasteiger charge is -2.38. The Morgan fingerprint density at radius 3 is 1.84 bits per heavy atom. The number of aryl methyl sites for hydroxylation is 1. The van der Waals surface area contributed by atoms with Gasteiger partial charge < -0.3 is 14.2 Å². The summed E-state index contributed by atoms with van der Waals surface area (Å²) in [5.41, 5.74) is 10.0. The van der Waals surface area contributed by atoms with Crippen molar-refractivity contribution in [2.45, 2.75) is 85.4 Å². The van der Waals surface area contributed by atoms with Crippen molar-refractivity contribution in [1.29, 1.82) is 0 Å². The Bertz CT molecular complexity index is 1120. The molecule has 0 fully saturated rings. The molecular weight excluding hydrogens is 587 g/mol. The summed E-state index contributed by atoms with van der Waals surface area (Å²) in [7, 11) is -0.143. The molecule has 2 aromatic carbocycles. The van der Waals surface area contributed by atoms with E-state index in [1.807, 2.05) is 26.0 Å². The van der Waals surface area contributed by atoms with Crippen LogP contribution < -0.4 is 14.2 Å². The molecule has 0 amide bonds. The molecule has 0 saturated heterocycles. The molecule has 0 spiro atoms. The number of methoxy groups -OCH3 is 1. The first-order valence-electron chi connectivity index (χ1n) is 13.6. The van der Waals surface area contributed by atoms with Gasteiger partial charge in [0, 0.05) is 5.56 Å². The van der Waals surface area contributed by atoms with Crippen LogP contribution in [0.15, 0.2) is 24.3 Å². The fraction of sp³-hybridized carbons (Fsp3) is 0.500. The summed E-state index contributed by atoms with van der Waals surface area (Å²) in [4.78, 5) is 0. The molecule has 2 rings (SSSR count). The van der Waals surface area contributed by atoms with Gasteiger partial charge in [0.05, 0.1) is 29.5 Å². The van der Waals surface area contributed by atoms with Gasteiger partial charge in [-0.25, -0.2) is 0 Å². The molecule has 2 aromatic rings. The molecule has 0 atom stereocenters. The molecule has 37 heavy (non-hydrogen) atoms. The average Bonchev–Trinajstić information content (AvgIpc) is 2.84. The van der Waals surface area contributed by atoms with Crippen molar-refractivity contribution in [1.82, 2.24) is 0 Å². The maximum atomic E-state index is 6.12. The lowest BCUT2D eigenvalue weighted by molar-refractivity contribution is 0.337. The molecule has 0 aliphatic rings. The Hall–Kier alpha value is -1.91. The van der Waals surface area contributed by atoms with E-state index < -0.39 is 8.07 Å². The topological polar surface area (TPSA) is 27.7 Å². The fourth-order valence-corrected chi connectivity index (χ4v) is 11.3. The molecule has 0 unspecified atom stereocenters. The van der Waals surface area contributed by atoms with Gasteiger partial charge in [-0.1, -0.05) is 66.5 Å². The predicted molar refractivity (Wildman–Crippen MR) is 171 cm³/mol. The first kappa shape index (κ1) is 31.3. The van der Waals surface area contributed by atoms with E-state index in [2.05, 4.69) is 107 Å². The van der Waals surface area contributed by atoms with Crippen molar-refractivity contribution in [2.75, 3.05) is 20.3 Å². The van der Waals surface area contributed by atoms with Gasteiger partial charge >= 0.3 is 0 Å². The Morgan fingerprint density at radius 2 is 1.32 bits per heavy atom. The summed E-state index contributed by atoms with van der Waals surface area (Å²) in [6.07, 6.45) is 5.17. The summed E-state index contributed by atoms with van der Waals surface area (Å²) in [6, 6.07) is 8.44. The highest BCUT2D eigenvalue weighted by Crippen LogP contribution is 2.41. The number of benzene rings is 2. The van der Waals surface area contributed by atoms with Crippen LogP contribution in [0, 0.1) is 15.0 Å². The molecule has 0 radical (unpaired) electrons. The maximum absolute atomic E-state index is 6.12. The highest BCUT2D eigenvalue weighted by atomic mass is 127. The lowest BCUT2D eigenvalue weighted by Crippen LogP contribution is -2.43. The van der Waals surface area contributed by atoms with Gasteiger partial charge in [-0.05, 0) is 94.9 Å². The zero-order valence-electron chi connectivity index (χ0n) is 24.4. The first-order valence-corrected chi connectivity index (χ1v) is 16.9. The average molecular weight is 633 g/mol. The van der Waals surface area contributed by atoms with Crippen molar-refractivity contribution >= 4 is 42.8 Å². The van der Waals surface area contributed by atoms with Crippen molar-refractivity contribution in [3.63, 3.8) is 0 Å². The summed E-state index contributed by atoms with van der Waals surface area (Å²) in [5.74, 6) is 6.18. The van der Waals surface area contributed by atoms with Crippen LogP contribution in [0.2, 0.25) is 16.6 Å². The van der Waals surface area contributed by atoms with Crippen LogP contribution in [0.25, 0.3) is 12.2 Å². The van der Waals surface area contributed by atoms with E-state index in [4.69, 9.17) is 14.2 Å². The van der Waals surface area contributed by atoms with E-state index in [0.29, 0.717) is 29.8 Å². The third-order valence-corrected chi connectivity index (χ3v) is 14.4. The molecule has 0 bridgehead atoms. The van der Waals surface area contributed by atoms with E-state index in [9.17, 15) is 0 Å². The van der Waals surface area contributed by atoms with E-state index in [1.165, 1.54) is 5.56 Å². The molecule has 0 aliphatic carbocycles. The zero-order valence-corrected chi connectivity index (χ0v) is 27.6. The summed E-state index contributed by atoms with van der Waals surface area (Å²) < 4.78 is 18.6. The zero-order chi connectivity index (χ0) is 27.8. The Morgan fingerprint density at radius 1 is 0.784 bits per heavy atom. The highest BCUT2D eigenvalue weighted by Gasteiger charge is 2.41. The molecule has 0 aliphatic heterocycles. The summed E-state index contributed by atoms with van der Waals surface area (Å²) >= 11 is 2.28. The minimum atomic E-state index is -1.84. The van der Waals surface area contributed by atoms with Gasteiger partial charge in [0.25, 0.3) is 0 Å². The van der Waals surface area contributed by atoms with E-state index in [0.717, 1.165) is 43.9 Å². The highest BCUT2D eigenvalue weighted by molar-refractivity contribution is 14.1. The molecule has 202 valence electrons. The second-order valence-corrected chi connectivity index (χ2v) is 17.0. The van der Waals surface area contributed by atoms with Gasteiger partial charge in [0.1, 0.15) is 25.3 Å². The molecule has 0 N–H and O–H groups in total. The molecule has 0 saturated carbocycles. The van der Waals surface area contributed by atoms with Crippen LogP contribution in [0.5, 0.6) is 17.2 Å². The Kier molecular flexibility index (Phi) is 12.1. The number of hydrogen-bond donors (Lipinski definition) is 0. The predicted octanol–water partition coefficient (Wildman–Crippen LogP) is 9.40. The van der Waals surface area contributed by atoms with E-state index in [-0.39, 0.29) is 0 Å². The standard InChI is InChI=1S/C32H45IO3Si/c1-11-25-18-28(16-17-37(22(4)5,23(6)7)24(8)9)30(35-12-2)19-26(25)14-15-27-20-32(34-10)29(33)21-31(27)36-13-3/h14-15,18-24H,11-13H2,1-10H3/b15-14+. The normalized spacial score (nSPS) is 11.8. The number of ether oxygens (including phenoxy) is 3. The van der Waals surface area contributed by atoms with Crippen LogP contribution in [-0.4, -0.2) is 28.4 Å². The van der Waals surface area contributed by atoms with Gasteiger partial charge in [-0.3, -0.25) is 0 Å². The maximum Gasteiger partial charge on any atom is 0.146 e. The van der Waals surface area contributed by atoms with E-state index in [1.54, 1.807) is 7.11 Å². The third kappa shape index (κ3) is 7.35. The third-order valence-electron chi connectivity index (χ3n) is 7.23. The molecule has 3 nitrogen and oxygen atoms in total. The SMILES string of the molecule is CCOc1cc(/C=C/c2cc(OC)c(I)cc2OCC)c(CC)cc1C#C[Si](C(C)C)(C(C)C)C(C)C. The van der Waals surface area contributed by atoms with Crippen molar-refractivity contribution in [3.8, 4) is 28.7 Å². The van der Waals surface area contributed by atoms with Crippen molar-refractivity contribution in [2.24, 2.45) is 0 Å². The van der Waals surface area contributed by atoms with Crippen LogP contribution in [0.4, 0.5) is 0 Å². The summed E-state index contributed by atoms with van der Waals surface area (Å²) in [5, 5.41) is 0. The lowest BCUT2D eigenvalue weighted by atomic mass is 9.99. The smallest absolute Gasteiger partial charge is 0.146 e. The van der Waals surface area contributed by atoms with Crippen molar-refractivity contribution < 1.29 is 14.2 Å². The molecule has 0 heterocycles. The molecule has 0 aromatic heterocycles. The van der Waals surface area contributed by atoms with Crippen molar-refractivity contribution in [3.05, 3.63) is 50.1 Å². The second kappa shape index (κ2) is 14.3. The number of halogens is 1. The second-order valence-electron chi connectivity index (χ2n) is 10.3. The Labute approximate surface area is 240 Å². The van der Waals surface area contributed by atoms with Gasteiger partial charge in [-0.15, -0.1) is 5.54 Å². The van der Waals surface area contributed by atoms with E-state index >= 15 is 0 Å². The minimum Gasteiger partial charge on any atom is -0.496 e. The number of hydrogen-bond acceptors (Lipinski definition) is 3. The van der Waals surface area contributed by atoms with Gasteiger partial charge in [0.15, 0.2) is 0 Å². The minimum absolute atomic E-state index is 0.592. The van der Waals surface area contributed by atoms with Gasteiger partial charge in [0.2, 0.25) is 0 Å². The Balaban J connectivity index is 2.64. The summed E-state index contributed by atoms with van der Waals surface area (Å²) in [6.45, 7) is 21.6. The largest absolute Gasteiger partial charge is 0.496 e. The number of rotatable bonds is 11. The quantitative estimate of drug-likeness (QED) is 0.107. The van der Waals surface area contributed by atoms with Gasteiger partial charge in [-0.2, -0.15) is 0 Å². The van der Waals surface area contributed by atoms with Crippen LogP contribution in [0.3, 0.4) is 0 Å². The first-order chi connectivity index (χ1) is 17.5. The molecule has 5 heteroatoms. The molecular formula is C32H45IO3Si. The van der Waals surface area contributed by atoms with Crippen LogP contribution in [0.1, 0.15) is 84.6 Å².